The molecule has 0 aromatic rings. The van der Waals surface area contributed by atoms with E-state index in [1.165, 1.54) is 0 Å². The van der Waals surface area contributed by atoms with Gasteiger partial charge in [-0.3, -0.25) is 4.79 Å². The van der Waals surface area contributed by atoms with Crippen LogP contribution in [0.1, 0.15) is 39.0 Å². The highest BCUT2D eigenvalue weighted by Gasteiger charge is 2.45. The minimum absolute atomic E-state index is 0.0612. The van der Waals surface area contributed by atoms with Crippen molar-refractivity contribution in [3.63, 3.8) is 0 Å². The van der Waals surface area contributed by atoms with Crippen LogP contribution in [0.4, 0.5) is 0 Å². The Morgan fingerprint density at radius 2 is 2.38 bits per heavy atom. The fraction of sp³-hybridized carbons (Fsp3) is 0.917. The van der Waals surface area contributed by atoms with Crippen LogP contribution >= 0.6 is 0 Å². The molecular weight excluding hydrogens is 206 g/mol. The van der Waals surface area contributed by atoms with E-state index in [9.17, 15) is 4.79 Å². The molecule has 0 radical (unpaired) electrons. The zero-order valence-electron chi connectivity index (χ0n) is 9.91. The Labute approximate surface area is 96.5 Å². The summed E-state index contributed by atoms with van der Waals surface area (Å²) in [6.45, 7) is 3.08. The van der Waals surface area contributed by atoms with Crippen molar-refractivity contribution in [1.29, 1.82) is 0 Å². The van der Waals surface area contributed by atoms with Crippen LogP contribution in [0.15, 0.2) is 0 Å². The molecule has 1 saturated heterocycles. The van der Waals surface area contributed by atoms with Crippen molar-refractivity contribution in [2.24, 2.45) is 11.7 Å². The van der Waals surface area contributed by atoms with Gasteiger partial charge in [0.15, 0.2) is 0 Å². The lowest BCUT2D eigenvalue weighted by molar-refractivity contribution is -0.154. The fourth-order valence-corrected chi connectivity index (χ4v) is 2.91. The summed E-state index contributed by atoms with van der Waals surface area (Å²) in [5.74, 6) is -0.323. The van der Waals surface area contributed by atoms with Gasteiger partial charge in [-0.25, -0.2) is 0 Å². The zero-order valence-corrected chi connectivity index (χ0v) is 9.91. The molecule has 4 nitrogen and oxygen atoms in total. The first kappa shape index (κ1) is 11.9. The van der Waals surface area contributed by atoms with E-state index in [2.05, 4.69) is 0 Å². The third kappa shape index (κ3) is 2.23. The van der Waals surface area contributed by atoms with Crippen molar-refractivity contribution < 1.29 is 14.3 Å². The first-order chi connectivity index (χ1) is 7.67. The van der Waals surface area contributed by atoms with Crippen LogP contribution in [0, 0.1) is 5.92 Å². The molecule has 2 aliphatic rings. The topological polar surface area (TPSA) is 61.5 Å². The van der Waals surface area contributed by atoms with Gasteiger partial charge in [-0.2, -0.15) is 0 Å². The number of rotatable bonds is 2. The molecule has 1 aliphatic carbocycles. The van der Waals surface area contributed by atoms with Gasteiger partial charge in [-0.15, -0.1) is 0 Å². The van der Waals surface area contributed by atoms with Crippen LogP contribution in [0.3, 0.4) is 0 Å². The Hall–Kier alpha value is -0.610. The quantitative estimate of drug-likeness (QED) is 0.721. The summed E-state index contributed by atoms with van der Waals surface area (Å²) in [6, 6.07) is -0.0612. The van der Waals surface area contributed by atoms with Gasteiger partial charge in [0.25, 0.3) is 0 Å². The van der Waals surface area contributed by atoms with Gasteiger partial charge in [0.2, 0.25) is 0 Å². The Balaban J connectivity index is 2.02. The summed E-state index contributed by atoms with van der Waals surface area (Å²) >= 11 is 0. The molecule has 0 bridgehead atoms. The highest BCUT2D eigenvalue weighted by molar-refractivity contribution is 5.73. The van der Waals surface area contributed by atoms with E-state index >= 15 is 0 Å². The number of hydrogen-bond donors (Lipinski definition) is 1. The molecule has 3 atom stereocenters. The lowest BCUT2D eigenvalue weighted by atomic mass is 9.74. The first-order valence-electron chi connectivity index (χ1n) is 6.23. The monoisotopic (exact) mass is 227 g/mol. The van der Waals surface area contributed by atoms with Crippen LogP contribution in [0.25, 0.3) is 0 Å². The van der Waals surface area contributed by atoms with Crippen molar-refractivity contribution in [2.45, 2.75) is 50.7 Å². The Morgan fingerprint density at radius 3 is 3.00 bits per heavy atom. The Bertz CT molecular complexity index is 261. The molecule has 1 saturated carbocycles. The average Bonchev–Trinajstić information content (AvgIpc) is 2.71. The van der Waals surface area contributed by atoms with Crippen LogP contribution in [-0.2, 0) is 14.3 Å². The summed E-state index contributed by atoms with van der Waals surface area (Å²) in [7, 11) is 0. The molecule has 1 unspecified atom stereocenters. The van der Waals surface area contributed by atoms with Gasteiger partial charge in [0, 0.05) is 12.6 Å². The molecule has 0 aromatic heterocycles. The summed E-state index contributed by atoms with van der Waals surface area (Å²) in [5.41, 5.74) is 5.93. The van der Waals surface area contributed by atoms with E-state index in [-0.39, 0.29) is 23.5 Å². The predicted molar refractivity (Wildman–Crippen MR) is 59.9 cm³/mol. The summed E-state index contributed by atoms with van der Waals surface area (Å²) in [5, 5.41) is 0. The second-order valence-electron chi connectivity index (χ2n) is 4.90. The van der Waals surface area contributed by atoms with Crippen LogP contribution in [-0.4, -0.2) is 30.8 Å². The lowest BCUT2D eigenvalue weighted by Crippen LogP contribution is -2.48. The number of ether oxygens (including phenoxy) is 2. The molecule has 92 valence electrons. The highest BCUT2D eigenvalue weighted by atomic mass is 16.5. The molecular formula is C12H21NO3. The van der Waals surface area contributed by atoms with Gasteiger partial charge >= 0.3 is 5.97 Å². The summed E-state index contributed by atoms with van der Waals surface area (Å²) < 4.78 is 10.9. The number of carbonyl (C=O) groups is 1. The Morgan fingerprint density at radius 1 is 1.56 bits per heavy atom. The molecule has 16 heavy (non-hydrogen) atoms. The van der Waals surface area contributed by atoms with Crippen LogP contribution < -0.4 is 5.73 Å². The standard InChI is InChI=1S/C12H21NO3/c1-2-15-11(14)9-8-12(5-3-7-16-12)6-4-10(9)13/h9-10H,2-8,13H2,1H3/t9-,10+,12?/m1/s1. The number of carbonyl (C=O) groups excluding carboxylic acids is 1. The first-order valence-corrected chi connectivity index (χ1v) is 6.23. The molecule has 2 fully saturated rings. The van der Waals surface area contributed by atoms with Crippen LogP contribution in [0.5, 0.6) is 0 Å². The number of hydrogen-bond acceptors (Lipinski definition) is 4. The van der Waals surface area contributed by atoms with Gasteiger partial charge in [-0.1, -0.05) is 0 Å². The third-order valence-electron chi connectivity index (χ3n) is 3.82. The van der Waals surface area contributed by atoms with Gasteiger partial charge in [0.05, 0.1) is 18.1 Å². The fourth-order valence-electron chi connectivity index (χ4n) is 2.91. The van der Waals surface area contributed by atoms with E-state index in [0.29, 0.717) is 6.61 Å². The second kappa shape index (κ2) is 4.72. The molecule has 0 aromatic carbocycles. The summed E-state index contributed by atoms with van der Waals surface area (Å²) in [4.78, 5) is 11.8. The van der Waals surface area contributed by atoms with E-state index in [1.807, 2.05) is 6.92 Å². The van der Waals surface area contributed by atoms with Gasteiger partial charge < -0.3 is 15.2 Å². The lowest BCUT2D eigenvalue weighted by Gasteiger charge is -2.39. The predicted octanol–water partition coefficient (Wildman–Crippen LogP) is 1.23. The molecule has 1 aliphatic heterocycles. The molecule has 2 N–H and O–H groups in total. The average molecular weight is 227 g/mol. The molecule has 2 rings (SSSR count). The second-order valence-corrected chi connectivity index (χ2v) is 4.90. The highest BCUT2D eigenvalue weighted by Crippen LogP contribution is 2.41. The van der Waals surface area contributed by atoms with Crippen molar-refractivity contribution in [3.05, 3.63) is 0 Å². The van der Waals surface area contributed by atoms with Crippen molar-refractivity contribution in [1.82, 2.24) is 0 Å². The molecule has 1 spiro atoms. The summed E-state index contributed by atoms with van der Waals surface area (Å²) in [6.07, 6.45) is 4.76. The maximum absolute atomic E-state index is 11.8. The maximum atomic E-state index is 11.8. The number of esters is 1. The van der Waals surface area contributed by atoms with E-state index in [0.717, 1.165) is 38.7 Å². The van der Waals surface area contributed by atoms with Crippen molar-refractivity contribution in [2.75, 3.05) is 13.2 Å². The van der Waals surface area contributed by atoms with Crippen molar-refractivity contribution >= 4 is 5.97 Å². The third-order valence-corrected chi connectivity index (χ3v) is 3.82. The SMILES string of the molecule is CCOC(=O)[C@@H]1CC2(CCCO2)CC[C@@H]1N. The number of nitrogens with two attached hydrogens (primary N) is 1. The minimum Gasteiger partial charge on any atom is -0.466 e. The normalized spacial score (nSPS) is 38.9. The minimum atomic E-state index is -0.174. The van der Waals surface area contributed by atoms with E-state index in [4.69, 9.17) is 15.2 Å². The smallest absolute Gasteiger partial charge is 0.310 e. The van der Waals surface area contributed by atoms with E-state index < -0.39 is 0 Å². The molecule has 0 amide bonds. The van der Waals surface area contributed by atoms with Crippen LogP contribution in [0.2, 0.25) is 0 Å². The van der Waals surface area contributed by atoms with Crippen molar-refractivity contribution in [3.8, 4) is 0 Å². The molecule has 4 heteroatoms. The van der Waals surface area contributed by atoms with E-state index in [1.54, 1.807) is 0 Å². The maximum Gasteiger partial charge on any atom is 0.310 e. The molecule has 1 heterocycles. The largest absolute Gasteiger partial charge is 0.466 e. The van der Waals surface area contributed by atoms with Gasteiger partial charge in [0.1, 0.15) is 0 Å². The van der Waals surface area contributed by atoms with Gasteiger partial charge in [-0.05, 0) is 39.0 Å². The zero-order chi connectivity index (χ0) is 11.6. The Kier molecular flexibility index (Phi) is 3.50.